The van der Waals surface area contributed by atoms with Gasteiger partial charge in [0, 0.05) is 36.8 Å². The van der Waals surface area contributed by atoms with Gasteiger partial charge in [0.1, 0.15) is 11.6 Å². The number of aromatic nitrogens is 1. The summed E-state index contributed by atoms with van der Waals surface area (Å²) in [4.78, 5) is 15.2. The lowest BCUT2D eigenvalue weighted by molar-refractivity contribution is -0.126. The third kappa shape index (κ3) is 5.60. The largest absolute Gasteiger partial charge is 0.497 e. The highest BCUT2D eigenvalue weighted by Gasteiger charge is 2.25. The molecule has 0 bridgehead atoms. The summed E-state index contributed by atoms with van der Waals surface area (Å²) < 4.78 is 21.0. The Morgan fingerprint density at radius 2 is 1.72 bits per heavy atom. The van der Waals surface area contributed by atoms with Crippen LogP contribution in [0.15, 0.2) is 78.9 Å². The number of hydrogen-bond acceptors (Lipinski definition) is 3. The molecule has 0 unspecified atom stereocenters. The van der Waals surface area contributed by atoms with Crippen molar-refractivity contribution in [3.8, 4) is 5.75 Å². The number of nitrogens with zero attached hydrogens (tertiary/aromatic N) is 2. The highest BCUT2D eigenvalue weighted by Crippen LogP contribution is 2.25. The Hall–Kier alpha value is -3.64. The van der Waals surface area contributed by atoms with Crippen LogP contribution in [0.4, 0.5) is 4.39 Å². The number of fused-ring (bicyclic) bond motifs is 1. The smallest absolute Gasteiger partial charge is 0.223 e. The Bertz CT molecular complexity index is 1320. The third-order valence-corrected chi connectivity index (χ3v) is 7.10. The third-order valence-electron chi connectivity index (χ3n) is 7.10. The zero-order valence-electron chi connectivity index (χ0n) is 20.6. The molecule has 186 valence electrons. The molecule has 0 saturated carbocycles. The van der Waals surface area contributed by atoms with Crippen molar-refractivity contribution in [3.05, 3.63) is 102 Å². The van der Waals surface area contributed by atoms with Crippen LogP contribution in [0.3, 0.4) is 0 Å². The number of nitrogens with one attached hydrogen (secondary N) is 1. The molecule has 0 spiro atoms. The van der Waals surface area contributed by atoms with Gasteiger partial charge in [-0.15, -0.1) is 0 Å². The van der Waals surface area contributed by atoms with Crippen LogP contribution in [0.2, 0.25) is 0 Å². The molecule has 0 aliphatic carbocycles. The lowest BCUT2D eigenvalue weighted by Crippen LogP contribution is -2.40. The van der Waals surface area contributed by atoms with E-state index >= 15 is 0 Å². The summed E-state index contributed by atoms with van der Waals surface area (Å²) >= 11 is 0. The molecule has 1 aliphatic rings. The van der Waals surface area contributed by atoms with Gasteiger partial charge in [0.2, 0.25) is 5.91 Å². The molecule has 0 radical (unpaired) electrons. The fourth-order valence-corrected chi connectivity index (χ4v) is 5.06. The predicted octanol–water partition coefficient (Wildman–Crippen LogP) is 5.37. The predicted molar refractivity (Wildman–Crippen MR) is 140 cm³/mol. The summed E-state index contributed by atoms with van der Waals surface area (Å²) in [7, 11) is 1.65. The number of halogens is 1. The summed E-state index contributed by atoms with van der Waals surface area (Å²) in [6, 6.07) is 25.2. The van der Waals surface area contributed by atoms with E-state index < -0.39 is 0 Å². The van der Waals surface area contributed by atoms with Gasteiger partial charge >= 0.3 is 0 Å². The van der Waals surface area contributed by atoms with E-state index in [1.165, 1.54) is 28.7 Å². The van der Waals surface area contributed by atoms with Gasteiger partial charge in [-0.2, -0.15) is 0 Å². The molecule has 1 aromatic heterocycles. The van der Waals surface area contributed by atoms with Gasteiger partial charge in [0.05, 0.1) is 7.11 Å². The van der Waals surface area contributed by atoms with Gasteiger partial charge in [0.15, 0.2) is 0 Å². The number of methoxy groups -OCH3 is 1. The number of hydrogen-bond donors (Lipinski definition) is 1. The Morgan fingerprint density at radius 3 is 2.50 bits per heavy atom. The van der Waals surface area contributed by atoms with Gasteiger partial charge in [0.25, 0.3) is 0 Å². The van der Waals surface area contributed by atoms with Crippen molar-refractivity contribution < 1.29 is 13.9 Å². The summed E-state index contributed by atoms with van der Waals surface area (Å²) in [5.74, 6) is 0.749. The molecule has 1 aliphatic heterocycles. The van der Waals surface area contributed by atoms with Crippen LogP contribution >= 0.6 is 0 Å². The first-order valence-electron chi connectivity index (χ1n) is 12.5. The number of para-hydroxylation sites is 1. The highest BCUT2D eigenvalue weighted by molar-refractivity contribution is 5.81. The first-order chi connectivity index (χ1) is 17.6. The van der Waals surface area contributed by atoms with E-state index in [4.69, 9.17) is 4.74 Å². The van der Waals surface area contributed by atoms with Crippen LogP contribution in [0.1, 0.15) is 29.7 Å². The first kappa shape index (κ1) is 24.1. The number of likely N-dealkylation sites (tertiary alicyclic amines) is 1. The molecule has 6 heteroatoms. The van der Waals surface area contributed by atoms with Crippen molar-refractivity contribution >= 4 is 16.8 Å². The minimum absolute atomic E-state index is 0.0388. The minimum Gasteiger partial charge on any atom is -0.497 e. The molecular formula is C30H32FN3O2. The van der Waals surface area contributed by atoms with E-state index in [-0.39, 0.29) is 17.6 Å². The maximum atomic E-state index is 13.4. The van der Waals surface area contributed by atoms with Gasteiger partial charge in [-0.3, -0.25) is 9.69 Å². The standard InChI is InChI=1S/C30H32FN3O2/c1-36-28-7-4-5-23(17-28)19-32-30(35)24-13-15-33(16-14-24)21-27-18-25-6-2-3-8-29(25)34(27)20-22-9-11-26(31)12-10-22/h2-12,17-18,24H,13-16,19-21H2,1H3,(H,32,35). The Morgan fingerprint density at radius 1 is 0.944 bits per heavy atom. The molecule has 1 fully saturated rings. The van der Waals surface area contributed by atoms with E-state index in [1.807, 2.05) is 36.4 Å². The van der Waals surface area contributed by atoms with Crippen LogP contribution in [0.5, 0.6) is 5.75 Å². The zero-order chi connectivity index (χ0) is 24.9. The second-order valence-electron chi connectivity index (χ2n) is 9.53. The normalized spacial score (nSPS) is 14.7. The molecule has 1 saturated heterocycles. The van der Waals surface area contributed by atoms with E-state index in [9.17, 15) is 9.18 Å². The van der Waals surface area contributed by atoms with Crippen LogP contribution in [0, 0.1) is 11.7 Å². The number of amides is 1. The lowest BCUT2D eigenvalue weighted by Gasteiger charge is -2.31. The van der Waals surface area contributed by atoms with Crippen LogP contribution in [0.25, 0.3) is 10.9 Å². The van der Waals surface area contributed by atoms with E-state index in [1.54, 1.807) is 7.11 Å². The molecule has 0 atom stereocenters. The summed E-state index contributed by atoms with van der Waals surface area (Å²) in [5.41, 5.74) is 4.53. The van der Waals surface area contributed by atoms with Crippen molar-refractivity contribution in [3.63, 3.8) is 0 Å². The molecular weight excluding hydrogens is 453 g/mol. The van der Waals surface area contributed by atoms with Gasteiger partial charge in [-0.25, -0.2) is 4.39 Å². The Kier molecular flexibility index (Phi) is 7.33. The number of carbonyl (C=O) groups is 1. The molecule has 3 aromatic carbocycles. The average Bonchev–Trinajstić information content (AvgIpc) is 3.25. The van der Waals surface area contributed by atoms with Crippen LogP contribution < -0.4 is 10.1 Å². The number of carbonyl (C=O) groups excluding carboxylic acids is 1. The molecule has 36 heavy (non-hydrogen) atoms. The topological polar surface area (TPSA) is 46.5 Å². The number of rotatable bonds is 8. The van der Waals surface area contributed by atoms with E-state index in [0.717, 1.165) is 49.4 Å². The maximum absolute atomic E-state index is 13.4. The van der Waals surface area contributed by atoms with E-state index in [0.29, 0.717) is 13.1 Å². The number of ether oxygens (including phenoxy) is 1. The van der Waals surface area contributed by atoms with Crippen LogP contribution in [-0.2, 0) is 24.4 Å². The molecule has 2 heterocycles. The van der Waals surface area contributed by atoms with Gasteiger partial charge in [-0.05, 0) is 78.8 Å². The molecule has 5 rings (SSSR count). The summed E-state index contributed by atoms with van der Waals surface area (Å²) in [5, 5.41) is 4.31. The van der Waals surface area contributed by atoms with Crippen molar-refractivity contribution in [2.45, 2.75) is 32.5 Å². The quantitative estimate of drug-likeness (QED) is 0.365. The van der Waals surface area contributed by atoms with E-state index in [2.05, 4.69) is 45.1 Å². The van der Waals surface area contributed by atoms with Crippen LogP contribution in [-0.4, -0.2) is 35.6 Å². The second-order valence-corrected chi connectivity index (χ2v) is 9.53. The fourth-order valence-electron chi connectivity index (χ4n) is 5.06. The average molecular weight is 486 g/mol. The van der Waals surface area contributed by atoms with Crippen molar-refractivity contribution in [2.75, 3.05) is 20.2 Å². The SMILES string of the molecule is COc1cccc(CNC(=O)C2CCN(Cc3cc4ccccc4n3Cc3ccc(F)cc3)CC2)c1. The first-order valence-corrected chi connectivity index (χ1v) is 12.5. The fraction of sp³-hybridized carbons (Fsp3) is 0.300. The minimum atomic E-state index is -0.216. The van der Waals surface area contributed by atoms with Gasteiger partial charge in [-0.1, -0.05) is 42.5 Å². The zero-order valence-corrected chi connectivity index (χ0v) is 20.6. The van der Waals surface area contributed by atoms with Crippen molar-refractivity contribution in [1.82, 2.24) is 14.8 Å². The second kappa shape index (κ2) is 11.0. The molecule has 1 N–H and O–H groups in total. The monoisotopic (exact) mass is 485 g/mol. The molecule has 5 nitrogen and oxygen atoms in total. The summed E-state index contributed by atoms with van der Waals surface area (Å²) in [6.45, 7) is 3.81. The van der Waals surface area contributed by atoms with Crippen molar-refractivity contribution in [1.29, 1.82) is 0 Å². The number of piperidine rings is 1. The summed E-state index contributed by atoms with van der Waals surface area (Å²) in [6.07, 6.45) is 1.70. The lowest BCUT2D eigenvalue weighted by atomic mass is 9.95. The number of benzene rings is 3. The molecule has 4 aromatic rings. The molecule has 1 amide bonds. The Balaban J connectivity index is 1.20. The maximum Gasteiger partial charge on any atom is 0.223 e. The highest BCUT2D eigenvalue weighted by atomic mass is 19.1. The van der Waals surface area contributed by atoms with Crippen molar-refractivity contribution in [2.24, 2.45) is 5.92 Å². The Labute approximate surface area is 211 Å². The van der Waals surface area contributed by atoms with Gasteiger partial charge < -0.3 is 14.6 Å².